The number of hydrogen-bond donors (Lipinski definition) is 0. The number of hydrogen-bond acceptors (Lipinski definition) is 1. The molecule has 1 aromatic carbocycles. The van der Waals surface area contributed by atoms with Crippen molar-refractivity contribution < 1.29 is 9.18 Å². The number of rotatable bonds is 4. The summed E-state index contributed by atoms with van der Waals surface area (Å²) in [4.78, 5) is 14.3. The molecular weight excluding hydrogens is 335 g/mol. The van der Waals surface area contributed by atoms with E-state index >= 15 is 0 Å². The van der Waals surface area contributed by atoms with E-state index in [1.165, 1.54) is 11.0 Å². The number of halogens is 2. The second-order valence-electron chi connectivity index (χ2n) is 5.18. The van der Waals surface area contributed by atoms with Crippen molar-refractivity contribution in [3.8, 4) is 0 Å². The van der Waals surface area contributed by atoms with Gasteiger partial charge in [0.2, 0.25) is 0 Å². The molecule has 3 nitrogen and oxygen atoms in total. The SMILES string of the molecule is CCN(C(=O)c1cc(Br)cn1C1CC1)c1ccccc1F. The number of amides is 1. The maximum atomic E-state index is 14.0. The molecule has 0 atom stereocenters. The van der Waals surface area contributed by atoms with E-state index in [0.29, 0.717) is 24.0 Å². The number of nitrogens with zero attached hydrogens (tertiary/aromatic N) is 2. The lowest BCUT2D eigenvalue weighted by atomic mass is 10.2. The summed E-state index contributed by atoms with van der Waals surface area (Å²) in [6, 6.07) is 8.58. The third-order valence-electron chi connectivity index (χ3n) is 3.68. The van der Waals surface area contributed by atoms with Gasteiger partial charge in [-0.05, 0) is 53.9 Å². The van der Waals surface area contributed by atoms with Gasteiger partial charge in [-0.15, -0.1) is 0 Å². The van der Waals surface area contributed by atoms with Crippen LogP contribution < -0.4 is 4.90 Å². The predicted octanol–water partition coefficient (Wildman–Crippen LogP) is 4.39. The molecule has 3 rings (SSSR count). The van der Waals surface area contributed by atoms with Crippen LogP contribution in [0.2, 0.25) is 0 Å². The lowest BCUT2D eigenvalue weighted by molar-refractivity contribution is 0.0978. The fourth-order valence-corrected chi connectivity index (χ4v) is 2.94. The minimum absolute atomic E-state index is 0.166. The summed E-state index contributed by atoms with van der Waals surface area (Å²) in [5, 5.41) is 0. The number of benzene rings is 1. The van der Waals surface area contributed by atoms with Crippen molar-refractivity contribution in [3.05, 3.63) is 52.5 Å². The van der Waals surface area contributed by atoms with Crippen LogP contribution in [0.4, 0.5) is 10.1 Å². The van der Waals surface area contributed by atoms with Gasteiger partial charge in [0, 0.05) is 23.3 Å². The van der Waals surface area contributed by atoms with Crippen molar-refractivity contribution in [2.24, 2.45) is 0 Å². The Morgan fingerprint density at radius 1 is 1.43 bits per heavy atom. The highest BCUT2D eigenvalue weighted by Crippen LogP contribution is 2.38. The van der Waals surface area contributed by atoms with Crippen molar-refractivity contribution in [2.75, 3.05) is 11.4 Å². The standard InChI is InChI=1S/C16H16BrFN2O/c1-2-19(14-6-4-3-5-13(14)18)16(21)15-9-11(17)10-20(15)12-7-8-12/h3-6,9-10,12H,2,7-8H2,1H3. The van der Waals surface area contributed by atoms with Gasteiger partial charge in [-0.3, -0.25) is 4.79 Å². The van der Waals surface area contributed by atoms with E-state index in [2.05, 4.69) is 15.9 Å². The normalized spacial score (nSPS) is 14.2. The van der Waals surface area contributed by atoms with E-state index < -0.39 is 0 Å². The van der Waals surface area contributed by atoms with Crippen LogP contribution in [0.25, 0.3) is 0 Å². The Bertz CT molecular complexity index is 679. The van der Waals surface area contributed by atoms with Gasteiger partial charge < -0.3 is 9.47 Å². The average molecular weight is 351 g/mol. The number of para-hydroxylation sites is 1. The maximum Gasteiger partial charge on any atom is 0.275 e. The van der Waals surface area contributed by atoms with Gasteiger partial charge in [-0.2, -0.15) is 0 Å². The van der Waals surface area contributed by atoms with Gasteiger partial charge in [0.05, 0.1) is 5.69 Å². The molecule has 0 bridgehead atoms. The molecule has 1 aliphatic carbocycles. The molecule has 0 spiro atoms. The van der Waals surface area contributed by atoms with Crippen LogP contribution in [-0.4, -0.2) is 17.0 Å². The predicted molar refractivity (Wildman–Crippen MR) is 84.2 cm³/mol. The van der Waals surface area contributed by atoms with Crippen molar-refractivity contribution in [3.63, 3.8) is 0 Å². The Hall–Kier alpha value is -1.62. The van der Waals surface area contributed by atoms with Crippen molar-refractivity contribution >= 4 is 27.5 Å². The third kappa shape index (κ3) is 2.75. The maximum absolute atomic E-state index is 14.0. The van der Waals surface area contributed by atoms with Gasteiger partial charge in [-0.1, -0.05) is 12.1 Å². The number of aromatic nitrogens is 1. The first-order chi connectivity index (χ1) is 10.1. The van der Waals surface area contributed by atoms with Gasteiger partial charge in [0.25, 0.3) is 5.91 Å². The van der Waals surface area contributed by atoms with Crippen LogP contribution in [0.1, 0.15) is 36.3 Å². The molecule has 110 valence electrons. The molecule has 2 aromatic rings. The van der Waals surface area contributed by atoms with Gasteiger partial charge >= 0.3 is 0 Å². The molecule has 0 unspecified atom stereocenters. The summed E-state index contributed by atoms with van der Waals surface area (Å²) in [7, 11) is 0. The van der Waals surface area contributed by atoms with E-state index in [1.54, 1.807) is 18.2 Å². The molecule has 1 fully saturated rings. The zero-order valence-electron chi connectivity index (χ0n) is 11.7. The molecular formula is C16H16BrFN2O. The van der Waals surface area contributed by atoms with Crippen LogP contribution in [0.15, 0.2) is 41.0 Å². The first-order valence-electron chi connectivity index (χ1n) is 7.05. The number of carbonyl (C=O) groups is 1. The Labute approximate surface area is 131 Å². The summed E-state index contributed by atoms with van der Waals surface area (Å²) in [5.41, 5.74) is 0.930. The molecule has 0 N–H and O–H groups in total. The minimum Gasteiger partial charge on any atom is -0.339 e. The Kier molecular flexibility index (Phi) is 3.85. The molecule has 5 heteroatoms. The summed E-state index contributed by atoms with van der Waals surface area (Å²) in [5.74, 6) is -0.545. The molecule has 1 heterocycles. The van der Waals surface area contributed by atoms with Crippen LogP contribution in [0.3, 0.4) is 0 Å². The molecule has 1 aromatic heterocycles. The quantitative estimate of drug-likeness (QED) is 0.802. The van der Waals surface area contributed by atoms with Gasteiger partial charge in [0.1, 0.15) is 11.5 Å². The largest absolute Gasteiger partial charge is 0.339 e. The monoisotopic (exact) mass is 350 g/mol. The lowest BCUT2D eigenvalue weighted by Gasteiger charge is -2.22. The van der Waals surface area contributed by atoms with E-state index in [-0.39, 0.29) is 11.7 Å². The van der Waals surface area contributed by atoms with Gasteiger partial charge in [0.15, 0.2) is 0 Å². The fraction of sp³-hybridized carbons (Fsp3) is 0.312. The zero-order chi connectivity index (χ0) is 15.0. The zero-order valence-corrected chi connectivity index (χ0v) is 13.3. The highest BCUT2D eigenvalue weighted by atomic mass is 79.9. The summed E-state index contributed by atoms with van der Waals surface area (Å²) >= 11 is 3.42. The molecule has 0 aliphatic heterocycles. The molecule has 1 saturated carbocycles. The second kappa shape index (κ2) is 5.64. The Balaban J connectivity index is 1.98. The van der Waals surface area contributed by atoms with Crippen LogP contribution in [-0.2, 0) is 0 Å². The molecule has 1 amide bonds. The molecule has 21 heavy (non-hydrogen) atoms. The van der Waals surface area contributed by atoms with E-state index in [9.17, 15) is 9.18 Å². The summed E-state index contributed by atoms with van der Waals surface area (Å²) in [6.45, 7) is 2.27. The Morgan fingerprint density at radius 3 is 2.76 bits per heavy atom. The highest BCUT2D eigenvalue weighted by molar-refractivity contribution is 9.10. The van der Waals surface area contributed by atoms with E-state index in [0.717, 1.165) is 17.3 Å². The van der Waals surface area contributed by atoms with E-state index in [1.807, 2.05) is 23.8 Å². The van der Waals surface area contributed by atoms with Crippen LogP contribution in [0.5, 0.6) is 0 Å². The lowest BCUT2D eigenvalue weighted by Crippen LogP contribution is -2.32. The summed E-state index contributed by atoms with van der Waals surface area (Å²) in [6.07, 6.45) is 4.11. The van der Waals surface area contributed by atoms with Crippen LogP contribution in [0, 0.1) is 5.82 Å². The number of carbonyl (C=O) groups excluding carboxylic acids is 1. The first kappa shape index (κ1) is 14.3. The number of anilines is 1. The van der Waals surface area contributed by atoms with Gasteiger partial charge in [-0.25, -0.2) is 4.39 Å². The molecule has 0 saturated heterocycles. The van der Waals surface area contributed by atoms with Crippen molar-refractivity contribution in [2.45, 2.75) is 25.8 Å². The summed E-state index contributed by atoms with van der Waals surface area (Å²) < 4.78 is 16.8. The van der Waals surface area contributed by atoms with Crippen molar-refractivity contribution in [1.29, 1.82) is 0 Å². The topological polar surface area (TPSA) is 25.2 Å². The van der Waals surface area contributed by atoms with Crippen LogP contribution >= 0.6 is 15.9 Å². The highest BCUT2D eigenvalue weighted by Gasteiger charge is 2.30. The Morgan fingerprint density at radius 2 is 2.14 bits per heavy atom. The molecule has 1 aliphatic rings. The fourth-order valence-electron chi connectivity index (χ4n) is 2.50. The average Bonchev–Trinajstić information content (AvgIpc) is 3.24. The first-order valence-corrected chi connectivity index (χ1v) is 7.85. The van der Waals surface area contributed by atoms with E-state index in [4.69, 9.17) is 0 Å². The smallest absolute Gasteiger partial charge is 0.275 e. The third-order valence-corrected chi connectivity index (χ3v) is 4.11. The van der Waals surface area contributed by atoms with Crippen molar-refractivity contribution in [1.82, 2.24) is 4.57 Å². The molecule has 0 radical (unpaired) electrons. The minimum atomic E-state index is -0.378. The second-order valence-corrected chi connectivity index (χ2v) is 6.10.